The van der Waals surface area contributed by atoms with Crippen molar-refractivity contribution in [3.63, 3.8) is 0 Å². The molecule has 8 heteroatoms. The first-order chi connectivity index (χ1) is 13.8. The summed E-state index contributed by atoms with van der Waals surface area (Å²) in [6.07, 6.45) is 1.73. The van der Waals surface area contributed by atoms with E-state index in [1.165, 1.54) is 23.8 Å². The van der Waals surface area contributed by atoms with Gasteiger partial charge in [0.15, 0.2) is 22.4 Å². The molecule has 1 fully saturated rings. The zero-order valence-corrected chi connectivity index (χ0v) is 17.7. The normalized spacial score (nSPS) is 15.1. The molecule has 2 aromatic rings. The molecule has 3 rings (SSSR count). The van der Waals surface area contributed by atoms with Gasteiger partial charge < -0.3 is 14.6 Å². The number of aryl methyl sites for hydroxylation is 2. The molecule has 0 aliphatic carbocycles. The van der Waals surface area contributed by atoms with Crippen molar-refractivity contribution in [1.82, 2.24) is 0 Å². The van der Waals surface area contributed by atoms with E-state index in [1.807, 2.05) is 32.0 Å². The molecule has 0 atom stereocenters. The molecule has 29 heavy (non-hydrogen) atoms. The van der Waals surface area contributed by atoms with Gasteiger partial charge in [-0.25, -0.2) is 4.79 Å². The SMILES string of the molecule is COc1cc(/C=C2/SC(=S)N(c3ccc(C)c(C)c3)C2=O)ccc1OCC(=O)O. The number of methoxy groups -OCH3 is 1. The number of nitrogens with zero attached hydrogens (tertiary/aromatic N) is 1. The zero-order valence-electron chi connectivity index (χ0n) is 16.1. The lowest BCUT2D eigenvalue weighted by Crippen LogP contribution is -2.27. The quantitative estimate of drug-likeness (QED) is 0.545. The van der Waals surface area contributed by atoms with Crippen LogP contribution in [0.3, 0.4) is 0 Å². The van der Waals surface area contributed by atoms with Crippen LogP contribution in [0.25, 0.3) is 6.08 Å². The number of ether oxygens (including phenoxy) is 2. The van der Waals surface area contributed by atoms with E-state index in [4.69, 9.17) is 26.8 Å². The molecule has 6 nitrogen and oxygen atoms in total. The highest BCUT2D eigenvalue weighted by molar-refractivity contribution is 8.27. The van der Waals surface area contributed by atoms with Crippen molar-refractivity contribution in [2.75, 3.05) is 18.6 Å². The fourth-order valence-corrected chi connectivity index (χ4v) is 4.04. The maximum atomic E-state index is 12.9. The van der Waals surface area contributed by atoms with Crippen molar-refractivity contribution in [2.24, 2.45) is 0 Å². The van der Waals surface area contributed by atoms with E-state index in [9.17, 15) is 9.59 Å². The molecule has 1 amide bonds. The minimum absolute atomic E-state index is 0.187. The van der Waals surface area contributed by atoms with E-state index < -0.39 is 12.6 Å². The van der Waals surface area contributed by atoms with Crippen molar-refractivity contribution in [2.45, 2.75) is 13.8 Å². The van der Waals surface area contributed by atoms with E-state index in [-0.39, 0.29) is 5.91 Å². The van der Waals surface area contributed by atoms with E-state index in [0.29, 0.717) is 26.3 Å². The van der Waals surface area contributed by atoms with E-state index >= 15 is 0 Å². The number of aliphatic carboxylic acids is 1. The van der Waals surface area contributed by atoms with E-state index in [0.717, 1.165) is 16.8 Å². The molecule has 1 N–H and O–H groups in total. The number of amides is 1. The Kier molecular flexibility index (Phi) is 6.24. The summed E-state index contributed by atoms with van der Waals surface area (Å²) in [5.41, 5.74) is 3.69. The molecule has 0 aromatic heterocycles. The number of benzene rings is 2. The molecule has 0 saturated carbocycles. The largest absolute Gasteiger partial charge is 0.493 e. The molecule has 0 spiro atoms. The summed E-state index contributed by atoms with van der Waals surface area (Å²) < 4.78 is 10.9. The van der Waals surface area contributed by atoms with Gasteiger partial charge in [-0.3, -0.25) is 9.69 Å². The van der Waals surface area contributed by atoms with Gasteiger partial charge in [0.25, 0.3) is 5.91 Å². The number of carbonyl (C=O) groups is 2. The molecule has 1 saturated heterocycles. The van der Waals surface area contributed by atoms with Gasteiger partial charge in [-0.15, -0.1) is 0 Å². The third-order valence-corrected chi connectivity index (χ3v) is 5.68. The number of thiocarbonyl (C=S) groups is 1. The highest BCUT2D eigenvalue weighted by atomic mass is 32.2. The van der Waals surface area contributed by atoms with Crippen LogP contribution in [0.15, 0.2) is 41.3 Å². The highest BCUT2D eigenvalue weighted by Gasteiger charge is 2.33. The summed E-state index contributed by atoms with van der Waals surface area (Å²) >= 11 is 6.66. The predicted molar refractivity (Wildman–Crippen MR) is 118 cm³/mol. The Morgan fingerprint density at radius 1 is 1.17 bits per heavy atom. The third-order valence-electron chi connectivity index (χ3n) is 4.38. The number of hydrogen-bond acceptors (Lipinski definition) is 6. The van der Waals surface area contributed by atoms with Gasteiger partial charge in [-0.1, -0.05) is 36.1 Å². The van der Waals surface area contributed by atoms with E-state index in [2.05, 4.69) is 0 Å². The van der Waals surface area contributed by atoms with Crippen molar-refractivity contribution in [3.05, 3.63) is 58.0 Å². The second-order valence-corrected chi connectivity index (χ2v) is 8.05. The number of carbonyl (C=O) groups excluding carboxylic acids is 1. The molecule has 2 aromatic carbocycles. The Hall–Kier alpha value is -2.84. The van der Waals surface area contributed by atoms with Crippen molar-refractivity contribution in [1.29, 1.82) is 0 Å². The van der Waals surface area contributed by atoms with Gasteiger partial charge >= 0.3 is 5.97 Å². The van der Waals surface area contributed by atoms with Gasteiger partial charge in [0.2, 0.25) is 0 Å². The topological polar surface area (TPSA) is 76.1 Å². The number of anilines is 1. The number of thioether (sulfide) groups is 1. The molecule has 0 unspecified atom stereocenters. The second kappa shape index (κ2) is 8.67. The van der Waals surface area contributed by atoms with Crippen LogP contribution in [0.2, 0.25) is 0 Å². The summed E-state index contributed by atoms with van der Waals surface area (Å²) in [5, 5.41) is 8.76. The molecule has 1 aliphatic rings. The zero-order chi connectivity index (χ0) is 21.1. The first-order valence-corrected chi connectivity index (χ1v) is 9.90. The standard InChI is InChI=1S/C21H19NO5S2/c1-12-4-6-15(8-13(12)2)22-20(25)18(29-21(22)28)10-14-5-7-16(17(9-14)26-3)27-11-19(23)24/h4-10H,11H2,1-3H3,(H,23,24)/b18-10+. The summed E-state index contributed by atoms with van der Waals surface area (Å²) in [6, 6.07) is 10.8. The van der Waals surface area contributed by atoms with Gasteiger partial charge in [0.1, 0.15) is 0 Å². The average molecular weight is 430 g/mol. The van der Waals surface area contributed by atoms with Crippen LogP contribution in [0.5, 0.6) is 11.5 Å². The van der Waals surface area contributed by atoms with Crippen LogP contribution in [-0.2, 0) is 9.59 Å². The van der Waals surface area contributed by atoms with Crippen LogP contribution in [0, 0.1) is 13.8 Å². The van der Waals surface area contributed by atoms with Crippen LogP contribution in [-0.4, -0.2) is 35.0 Å². The second-order valence-electron chi connectivity index (χ2n) is 6.38. The third kappa shape index (κ3) is 4.60. The number of rotatable bonds is 6. The van der Waals surface area contributed by atoms with E-state index in [1.54, 1.807) is 24.3 Å². The summed E-state index contributed by atoms with van der Waals surface area (Å²) in [7, 11) is 1.46. The minimum atomic E-state index is -1.08. The lowest BCUT2D eigenvalue weighted by molar-refractivity contribution is -0.139. The van der Waals surface area contributed by atoms with Gasteiger partial charge in [-0.2, -0.15) is 0 Å². The maximum absolute atomic E-state index is 12.9. The Balaban J connectivity index is 1.87. The van der Waals surface area contributed by atoms with Crippen molar-refractivity contribution in [3.8, 4) is 11.5 Å². The molecule has 150 valence electrons. The summed E-state index contributed by atoms with van der Waals surface area (Å²) in [5.74, 6) is -0.570. The Labute approximate surface area is 178 Å². The lowest BCUT2D eigenvalue weighted by Gasteiger charge is -2.16. The van der Waals surface area contributed by atoms with Crippen molar-refractivity contribution < 1.29 is 24.2 Å². The monoisotopic (exact) mass is 429 g/mol. The number of hydrogen-bond donors (Lipinski definition) is 1. The first kappa shape index (κ1) is 20.9. The molecule has 1 aliphatic heterocycles. The predicted octanol–water partition coefficient (Wildman–Crippen LogP) is 4.18. The van der Waals surface area contributed by atoms with Crippen LogP contribution < -0.4 is 14.4 Å². The van der Waals surface area contributed by atoms with Crippen molar-refractivity contribution >= 4 is 51.9 Å². The molecule has 0 bridgehead atoms. The fraction of sp³-hybridized carbons (Fsp3) is 0.190. The Morgan fingerprint density at radius 2 is 1.93 bits per heavy atom. The minimum Gasteiger partial charge on any atom is -0.493 e. The molecule has 1 heterocycles. The van der Waals surface area contributed by atoms with Crippen LogP contribution >= 0.6 is 24.0 Å². The average Bonchev–Trinajstić information content (AvgIpc) is 2.96. The van der Waals surface area contributed by atoms with Crippen LogP contribution in [0.4, 0.5) is 5.69 Å². The maximum Gasteiger partial charge on any atom is 0.341 e. The Bertz CT molecular complexity index is 1030. The highest BCUT2D eigenvalue weighted by Crippen LogP contribution is 2.37. The molecular weight excluding hydrogens is 410 g/mol. The summed E-state index contributed by atoms with van der Waals surface area (Å²) in [6.45, 7) is 3.54. The smallest absolute Gasteiger partial charge is 0.341 e. The molecule has 0 radical (unpaired) electrons. The first-order valence-electron chi connectivity index (χ1n) is 8.68. The van der Waals surface area contributed by atoms with Gasteiger partial charge in [0.05, 0.1) is 17.7 Å². The lowest BCUT2D eigenvalue weighted by atomic mass is 10.1. The van der Waals surface area contributed by atoms with Gasteiger partial charge in [0, 0.05) is 0 Å². The number of carboxylic acids is 1. The number of carboxylic acid groups (broad SMARTS) is 1. The van der Waals surface area contributed by atoms with Crippen LogP contribution in [0.1, 0.15) is 16.7 Å². The Morgan fingerprint density at radius 3 is 2.59 bits per heavy atom. The fourth-order valence-electron chi connectivity index (χ4n) is 2.74. The molecular formula is C21H19NO5S2. The van der Waals surface area contributed by atoms with Gasteiger partial charge in [-0.05, 0) is 60.9 Å². The summed E-state index contributed by atoms with van der Waals surface area (Å²) in [4.78, 5) is 25.7.